The van der Waals surface area contributed by atoms with Gasteiger partial charge in [-0.25, -0.2) is 13.4 Å². The van der Waals surface area contributed by atoms with E-state index in [4.69, 9.17) is 21.1 Å². The van der Waals surface area contributed by atoms with Crippen LogP contribution in [0.2, 0.25) is 5.02 Å². The Hall–Kier alpha value is -2.56. The second-order valence-electron chi connectivity index (χ2n) is 7.23. The van der Waals surface area contributed by atoms with Crippen LogP contribution in [0.4, 0.5) is 5.13 Å². The molecule has 0 atom stereocenters. The molecule has 3 aromatic rings. The molecule has 0 bridgehead atoms. The van der Waals surface area contributed by atoms with E-state index in [-0.39, 0.29) is 4.90 Å². The van der Waals surface area contributed by atoms with Crippen molar-refractivity contribution in [1.82, 2.24) is 9.88 Å². The molecule has 1 fully saturated rings. The number of rotatable bonds is 6. The van der Waals surface area contributed by atoms with E-state index in [0.29, 0.717) is 48.2 Å². The summed E-state index contributed by atoms with van der Waals surface area (Å²) in [7, 11) is -0.633. The fourth-order valence-corrected chi connectivity index (χ4v) is 6.04. The molecule has 32 heavy (non-hydrogen) atoms. The predicted molar refractivity (Wildman–Crippen MR) is 125 cm³/mol. The fraction of sp³-hybridized carbons (Fsp3) is 0.333. The molecular formula is C21H22ClN3O5S2. The standard InChI is InChI=1S/C21H22ClN3O5S2/c1-29-14-3-5-15(6-4-14)32(27,28)13-18(26)24-9-11-25(12-10-24)21-23-19-17(30-2)8-7-16(22)20(19)31-21/h3-8H,9-13H2,1-2H3. The second kappa shape index (κ2) is 9.13. The number of carbonyl (C=O) groups excluding carboxylic acids is 1. The first-order valence-electron chi connectivity index (χ1n) is 9.85. The lowest BCUT2D eigenvalue weighted by atomic mass is 10.3. The lowest BCUT2D eigenvalue weighted by Crippen LogP contribution is -2.50. The first-order chi connectivity index (χ1) is 15.3. The van der Waals surface area contributed by atoms with Gasteiger partial charge in [0.15, 0.2) is 15.0 Å². The quantitative estimate of drug-likeness (QED) is 0.519. The third-order valence-corrected chi connectivity index (χ3v) is 8.50. The highest BCUT2D eigenvalue weighted by Crippen LogP contribution is 2.38. The first kappa shape index (κ1) is 22.6. The molecule has 2 heterocycles. The summed E-state index contributed by atoms with van der Waals surface area (Å²) in [5.41, 5.74) is 0.712. The largest absolute Gasteiger partial charge is 0.497 e. The van der Waals surface area contributed by atoms with E-state index in [1.165, 1.54) is 30.6 Å². The summed E-state index contributed by atoms with van der Waals surface area (Å²) in [6, 6.07) is 9.60. The van der Waals surface area contributed by atoms with Crippen LogP contribution in [-0.4, -0.2) is 70.4 Å². The molecule has 8 nitrogen and oxygen atoms in total. The Morgan fingerprint density at radius 2 is 1.75 bits per heavy atom. The van der Waals surface area contributed by atoms with E-state index in [0.717, 1.165) is 9.83 Å². The monoisotopic (exact) mass is 495 g/mol. The Bertz CT molecular complexity index is 1240. The molecule has 0 aliphatic carbocycles. The Balaban J connectivity index is 1.41. The minimum Gasteiger partial charge on any atom is -0.497 e. The molecular weight excluding hydrogens is 474 g/mol. The third-order valence-electron chi connectivity index (χ3n) is 5.30. The van der Waals surface area contributed by atoms with E-state index in [9.17, 15) is 13.2 Å². The van der Waals surface area contributed by atoms with Crippen LogP contribution in [0.15, 0.2) is 41.3 Å². The number of thiazole rings is 1. The van der Waals surface area contributed by atoms with Gasteiger partial charge in [-0.1, -0.05) is 22.9 Å². The van der Waals surface area contributed by atoms with Crippen LogP contribution in [0.1, 0.15) is 0 Å². The summed E-state index contributed by atoms with van der Waals surface area (Å²) < 4.78 is 36.5. The zero-order valence-corrected chi connectivity index (χ0v) is 20.0. The number of methoxy groups -OCH3 is 2. The summed E-state index contributed by atoms with van der Waals surface area (Å²) in [5.74, 6) is 0.242. The Kier molecular flexibility index (Phi) is 6.45. The lowest BCUT2D eigenvalue weighted by Gasteiger charge is -2.34. The van der Waals surface area contributed by atoms with Crippen LogP contribution in [0.5, 0.6) is 11.5 Å². The van der Waals surface area contributed by atoms with Gasteiger partial charge in [0.1, 0.15) is 22.8 Å². The number of halogens is 1. The minimum atomic E-state index is -3.73. The molecule has 1 amide bonds. The number of anilines is 1. The van der Waals surface area contributed by atoms with Crippen molar-refractivity contribution in [2.45, 2.75) is 4.90 Å². The zero-order chi connectivity index (χ0) is 22.9. The number of benzene rings is 2. The van der Waals surface area contributed by atoms with E-state index in [1.807, 2.05) is 0 Å². The van der Waals surface area contributed by atoms with Gasteiger partial charge in [-0.15, -0.1) is 0 Å². The number of carbonyl (C=O) groups is 1. The zero-order valence-electron chi connectivity index (χ0n) is 17.6. The highest BCUT2D eigenvalue weighted by Gasteiger charge is 2.28. The number of amides is 1. The summed E-state index contributed by atoms with van der Waals surface area (Å²) in [6.07, 6.45) is 0. The molecule has 170 valence electrons. The van der Waals surface area contributed by atoms with Gasteiger partial charge in [-0.2, -0.15) is 0 Å². The summed E-state index contributed by atoms with van der Waals surface area (Å²) in [5, 5.41) is 1.41. The van der Waals surface area contributed by atoms with Crippen molar-refractivity contribution in [3.8, 4) is 11.5 Å². The van der Waals surface area contributed by atoms with Gasteiger partial charge < -0.3 is 19.3 Å². The van der Waals surface area contributed by atoms with Gasteiger partial charge in [0.05, 0.1) is 28.8 Å². The Morgan fingerprint density at radius 1 is 1.06 bits per heavy atom. The molecule has 1 aromatic heterocycles. The van der Waals surface area contributed by atoms with E-state index < -0.39 is 21.5 Å². The molecule has 1 saturated heterocycles. The van der Waals surface area contributed by atoms with Gasteiger partial charge >= 0.3 is 0 Å². The number of sulfone groups is 1. The molecule has 0 saturated carbocycles. The van der Waals surface area contributed by atoms with E-state index in [2.05, 4.69) is 9.88 Å². The molecule has 11 heteroatoms. The maximum absolute atomic E-state index is 12.7. The minimum absolute atomic E-state index is 0.102. The van der Waals surface area contributed by atoms with Crippen LogP contribution in [-0.2, 0) is 14.6 Å². The average molecular weight is 496 g/mol. The van der Waals surface area contributed by atoms with Crippen LogP contribution in [0.25, 0.3) is 10.2 Å². The molecule has 0 N–H and O–H groups in total. The van der Waals surface area contributed by atoms with Gasteiger partial charge in [0.25, 0.3) is 0 Å². The lowest BCUT2D eigenvalue weighted by molar-refractivity contribution is -0.128. The number of piperazine rings is 1. The predicted octanol–water partition coefficient (Wildman–Crippen LogP) is 3.09. The van der Waals surface area contributed by atoms with Crippen molar-refractivity contribution in [2.24, 2.45) is 0 Å². The van der Waals surface area contributed by atoms with Crippen molar-refractivity contribution in [2.75, 3.05) is 51.1 Å². The van der Waals surface area contributed by atoms with Gasteiger partial charge in [0, 0.05) is 26.2 Å². The van der Waals surface area contributed by atoms with Crippen molar-refractivity contribution in [1.29, 1.82) is 0 Å². The van der Waals surface area contributed by atoms with Crippen LogP contribution < -0.4 is 14.4 Å². The highest BCUT2D eigenvalue weighted by molar-refractivity contribution is 7.92. The van der Waals surface area contributed by atoms with Crippen LogP contribution in [0.3, 0.4) is 0 Å². The topological polar surface area (TPSA) is 89.0 Å². The number of nitrogens with zero attached hydrogens (tertiary/aromatic N) is 3. The van der Waals surface area contributed by atoms with Gasteiger partial charge in [-0.3, -0.25) is 4.79 Å². The first-order valence-corrected chi connectivity index (χ1v) is 12.7. The number of fused-ring (bicyclic) bond motifs is 1. The summed E-state index contributed by atoms with van der Waals surface area (Å²) >= 11 is 7.78. The summed E-state index contributed by atoms with van der Waals surface area (Å²) in [4.78, 5) is 21.1. The van der Waals surface area contributed by atoms with Gasteiger partial charge in [0.2, 0.25) is 5.91 Å². The Labute approximate surface area is 195 Å². The molecule has 0 radical (unpaired) electrons. The second-order valence-corrected chi connectivity index (χ2v) is 10.6. The molecule has 4 rings (SSSR count). The van der Waals surface area contributed by atoms with E-state index in [1.54, 1.807) is 36.3 Å². The number of aromatic nitrogens is 1. The molecule has 2 aromatic carbocycles. The summed E-state index contributed by atoms with van der Waals surface area (Å²) in [6.45, 7) is 1.93. The van der Waals surface area contributed by atoms with Crippen molar-refractivity contribution in [3.63, 3.8) is 0 Å². The van der Waals surface area contributed by atoms with Crippen LogP contribution in [0, 0.1) is 0 Å². The number of hydrogen-bond acceptors (Lipinski definition) is 8. The maximum atomic E-state index is 12.7. The highest BCUT2D eigenvalue weighted by atomic mass is 35.5. The number of hydrogen-bond donors (Lipinski definition) is 0. The normalized spacial score (nSPS) is 14.6. The average Bonchev–Trinajstić information content (AvgIpc) is 3.26. The Morgan fingerprint density at radius 3 is 2.38 bits per heavy atom. The van der Waals surface area contributed by atoms with Crippen molar-refractivity contribution >= 4 is 54.0 Å². The SMILES string of the molecule is COc1ccc(S(=O)(=O)CC(=O)N2CCN(c3nc4c(OC)ccc(Cl)c4s3)CC2)cc1. The fourth-order valence-electron chi connectivity index (χ4n) is 3.51. The molecule has 1 aliphatic rings. The molecule has 0 spiro atoms. The molecule has 1 aliphatic heterocycles. The third kappa shape index (κ3) is 4.48. The van der Waals surface area contributed by atoms with Gasteiger partial charge in [-0.05, 0) is 36.4 Å². The maximum Gasteiger partial charge on any atom is 0.238 e. The van der Waals surface area contributed by atoms with Crippen molar-refractivity contribution in [3.05, 3.63) is 41.4 Å². The number of ether oxygens (including phenoxy) is 2. The van der Waals surface area contributed by atoms with Crippen LogP contribution >= 0.6 is 22.9 Å². The molecule has 0 unspecified atom stereocenters. The smallest absolute Gasteiger partial charge is 0.238 e. The van der Waals surface area contributed by atoms with Crippen molar-refractivity contribution < 1.29 is 22.7 Å². The van der Waals surface area contributed by atoms with E-state index >= 15 is 0 Å².